The van der Waals surface area contributed by atoms with E-state index in [-0.39, 0.29) is 5.91 Å². The van der Waals surface area contributed by atoms with Crippen molar-refractivity contribution in [2.75, 3.05) is 6.54 Å². The molecule has 1 amide bonds. The molecular weight excluding hydrogens is 198 g/mol. The third-order valence-corrected chi connectivity index (χ3v) is 2.67. The van der Waals surface area contributed by atoms with Gasteiger partial charge in [-0.15, -0.1) is 11.6 Å². The third-order valence-electron chi connectivity index (χ3n) is 2.47. The zero-order valence-electron chi connectivity index (χ0n) is 9.48. The molecule has 0 fully saturated rings. The number of amides is 1. The molecule has 0 spiro atoms. The maximum Gasteiger partial charge on any atom is 0.237 e. The van der Waals surface area contributed by atoms with Crippen molar-refractivity contribution in [1.82, 2.24) is 5.32 Å². The van der Waals surface area contributed by atoms with Crippen LogP contribution in [0.1, 0.15) is 46.5 Å². The van der Waals surface area contributed by atoms with Crippen LogP contribution in [0.5, 0.6) is 0 Å². The molecule has 0 rings (SSSR count). The van der Waals surface area contributed by atoms with Crippen LogP contribution in [0.2, 0.25) is 0 Å². The summed E-state index contributed by atoms with van der Waals surface area (Å²) in [5.41, 5.74) is 0. The molecule has 0 aliphatic carbocycles. The van der Waals surface area contributed by atoms with E-state index in [2.05, 4.69) is 19.2 Å². The third kappa shape index (κ3) is 6.25. The first-order valence-electron chi connectivity index (χ1n) is 5.53. The van der Waals surface area contributed by atoms with Gasteiger partial charge in [-0.3, -0.25) is 4.79 Å². The Hall–Kier alpha value is -0.240. The number of unbranched alkanes of at least 4 members (excludes halogenated alkanes) is 1. The van der Waals surface area contributed by atoms with Crippen molar-refractivity contribution in [3.8, 4) is 0 Å². The fourth-order valence-electron chi connectivity index (χ4n) is 1.33. The fraction of sp³-hybridized carbons (Fsp3) is 0.909. The SMILES string of the molecule is CCCC[C@@H](CC)CNC(=O)[C@@H](C)Cl. The lowest BCUT2D eigenvalue weighted by molar-refractivity contribution is -0.120. The van der Waals surface area contributed by atoms with E-state index in [1.807, 2.05) is 0 Å². The predicted octanol–water partition coefficient (Wildman–Crippen LogP) is 2.95. The molecule has 0 aliphatic rings. The van der Waals surface area contributed by atoms with Crippen LogP contribution in [0.3, 0.4) is 0 Å². The van der Waals surface area contributed by atoms with Crippen LogP contribution in [0.4, 0.5) is 0 Å². The second kappa shape index (κ2) is 8.10. The molecule has 0 bridgehead atoms. The summed E-state index contributed by atoms with van der Waals surface area (Å²) in [6, 6.07) is 0. The van der Waals surface area contributed by atoms with Crippen LogP contribution in [-0.2, 0) is 4.79 Å². The van der Waals surface area contributed by atoms with Gasteiger partial charge in [0.2, 0.25) is 5.91 Å². The van der Waals surface area contributed by atoms with Gasteiger partial charge in [-0.1, -0.05) is 33.1 Å². The Morgan fingerprint density at radius 1 is 1.43 bits per heavy atom. The molecule has 0 aromatic rings. The molecule has 0 radical (unpaired) electrons. The van der Waals surface area contributed by atoms with Crippen molar-refractivity contribution in [3.05, 3.63) is 0 Å². The highest BCUT2D eigenvalue weighted by molar-refractivity contribution is 6.30. The molecule has 84 valence electrons. The summed E-state index contributed by atoms with van der Waals surface area (Å²) in [6.07, 6.45) is 4.78. The van der Waals surface area contributed by atoms with Gasteiger partial charge in [-0.25, -0.2) is 0 Å². The highest BCUT2D eigenvalue weighted by Crippen LogP contribution is 2.11. The van der Waals surface area contributed by atoms with Gasteiger partial charge in [0.1, 0.15) is 5.38 Å². The van der Waals surface area contributed by atoms with Crippen LogP contribution < -0.4 is 5.32 Å². The van der Waals surface area contributed by atoms with Gasteiger partial charge in [0.15, 0.2) is 0 Å². The lowest BCUT2D eigenvalue weighted by atomic mass is 9.99. The standard InChI is InChI=1S/C11H22ClNO/c1-4-6-7-10(5-2)8-13-11(14)9(3)12/h9-10H,4-8H2,1-3H3,(H,13,14)/t9-,10-/m1/s1. The molecule has 0 saturated carbocycles. The highest BCUT2D eigenvalue weighted by atomic mass is 35.5. The van der Waals surface area contributed by atoms with Gasteiger partial charge in [0.25, 0.3) is 0 Å². The zero-order valence-corrected chi connectivity index (χ0v) is 10.2. The molecule has 0 unspecified atom stereocenters. The van der Waals surface area contributed by atoms with Gasteiger partial charge in [-0.2, -0.15) is 0 Å². The van der Waals surface area contributed by atoms with Crippen molar-refractivity contribution in [2.45, 2.75) is 51.8 Å². The van der Waals surface area contributed by atoms with Crippen molar-refractivity contribution in [2.24, 2.45) is 5.92 Å². The Labute approximate surface area is 92.4 Å². The second-order valence-electron chi connectivity index (χ2n) is 3.78. The summed E-state index contributed by atoms with van der Waals surface area (Å²) in [7, 11) is 0. The Morgan fingerprint density at radius 3 is 2.50 bits per heavy atom. The molecule has 0 aromatic heterocycles. The molecule has 1 N–H and O–H groups in total. The normalized spacial score (nSPS) is 14.9. The summed E-state index contributed by atoms with van der Waals surface area (Å²) in [6.45, 7) is 6.82. The van der Waals surface area contributed by atoms with Crippen molar-refractivity contribution in [1.29, 1.82) is 0 Å². The highest BCUT2D eigenvalue weighted by Gasteiger charge is 2.11. The molecule has 14 heavy (non-hydrogen) atoms. The van der Waals surface area contributed by atoms with E-state index >= 15 is 0 Å². The summed E-state index contributed by atoms with van der Waals surface area (Å²) < 4.78 is 0. The zero-order chi connectivity index (χ0) is 11.0. The van der Waals surface area contributed by atoms with E-state index in [9.17, 15) is 4.79 Å². The first-order chi connectivity index (χ1) is 6.61. The number of hydrogen-bond acceptors (Lipinski definition) is 1. The van der Waals surface area contributed by atoms with Gasteiger partial charge in [0.05, 0.1) is 0 Å². The van der Waals surface area contributed by atoms with E-state index in [1.165, 1.54) is 19.3 Å². The Balaban J connectivity index is 3.66. The maximum atomic E-state index is 11.2. The monoisotopic (exact) mass is 219 g/mol. The van der Waals surface area contributed by atoms with Gasteiger partial charge in [-0.05, 0) is 19.3 Å². The minimum Gasteiger partial charge on any atom is -0.355 e. The van der Waals surface area contributed by atoms with E-state index in [1.54, 1.807) is 6.92 Å². The number of carbonyl (C=O) groups excluding carboxylic acids is 1. The van der Waals surface area contributed by atoms with Crippen LogP contribution in [0, 0.1) is 5.92 Å². The number of alkyl halides is 1. The van der Waals surface area contributed by atoms with Gasteiger partial charge < -0.3 is 5.32 Å². The topological polar surface area (TPSA) is 29.1 Å². The average molecular weight is 220 g/mol. The Bertz CT molecular complexity index is 159. The minimum absolute atomic E-state index is 0.0541. The van der Waals surface area contributed by atoms with E-state index in [0.29, 0.717) is 5.92 Å². The summed E-state index contributed by atoms with van der Waals surface area (Å²) in [5.74, 6) is 0.552. The first-order valence-corrected chi connectivity index (χ1v) is 5.97. The van der Waals surface area contributed by atoms with Crippen molar-refractivity contribution in [3.63, 3.8) is 0 Å². The number of halogens is 1. The predicted molar refractivity (Wildman–Crippen MR) is 61.6 cm³/mol. The van der Waals surface area contributed by atoms with Crippen LogP contribution >= 0.6 is 11.6 Å². The number of carbonyl (C=O) groups is 1. The molecule has 0 aromatic carbocycles. The molecule has 0 heterocycles. The van der Waals surface area contributed by atoms with Gasteiger partial charge >= 0.3 is 0 Å². The molecule has 0 saturated heterocycles. The van der Waals surface area contributed by atoms with Crippen molar-refractivity contribution >= 4 is 17.5 Å². The van der Waals surface area contributed by atoms with E-state index in [4.69, 9.17) is 11.6 Å². The fourth-order valence-corrected chi connectivity index (χ4v) is 1.41. The smallest absolute Gasteiger partial charge is 0.237 e. The summed E-state index contributed by atoms with van der Waals surface area (Å²) >= 11 is 5.65. The molecule has 2 atom stereocenters. The molecule has 0 aliphatic heterocycles. The lowest BCUT2D eigenvalue weighted by Gasteiger charge is -2.15. The molecular formula is C11H22ClNO. The van der Waals surface area contributed by atoms with Crippen LogP contribution in [-0.4, -0.2) is 17.8 Å². The first kappa shape index (κ1) is 13.8. The number of nitrogens with one attached hydrogen (secondary N) is 1. The van der Waals surface area contributed by atoms with Crippen molar-refractivity contribution < 1.29 is 4.79 Å². The lowest BCUT2D eigenvalue weighted by Crippen LogP contribution is -2.33. The summed E-state index contributed by atoms with van der Waals surface area (Å²) in [5, 5.41) is 2.45. The average Bonchev–Trinajstić information content (AvgIpc) is 2.17. The number of hydrogen-bond donors (Lipinski definition) is 1. The maximum absolute atomic E-state index is 11.2. The Kier molecular flexibility index (Phi) is 7.96. The van der Waals surface area contributed by atoms with Crippen LogP contribution in [0.15, 0.2) is 0 Å². The molecule has 3 heteroatoms. The van der Waals surface area contributed by atoms with Gasteiger partial charge in [0, 0.05) is 6.54 Å². The summed E-state index contributed by atoms with van der Waals surface area (Å²) in [4.78, 5) is 11.2. The van der Waals surface area contributed by atoms with Crippen LogP contribution in [0.25, 0.3) is 0 Å². The minimum atomic E-state index is -0.418. The van der Waals surface area contributed by atoms with E-state index < -0.39 is 5.38 Å². The quantitative estimate of drug-likeness (QED) is 0.656. The Morgan fingerprint density at radius 2 is 2.07 bits per heavy atom. The van der Waals surface area contributed by atoms with E-state index in [0.717, 1.165) is 13.0 Å². The number of rotatable bonds is 7. The second-order valence-corrected chi connectivity index (χ2v) is 4.43. The largest absolute Gasteiger partial charge is 0.355 e. The molecule has 2 nitrogen and oxygen atoms in total.